The van der Waals surface area contributed by atoms with E-state index in [0.29, 0.717) is 11.3 Å². The van der Waals surface area contributed by atoms with E-state index in [1.165, 1.54) is 18.2 Å². The molecular weight excluding hydrogens is 391 g/mol. The summed E-state index contributed by atoms with van der Waals surface area (Å²) in [5, 5.41) is 0. The fraction of sp³-hybridized carbons (Fsp3) is 0.133. The van der Waals surface area contributed by atoms with Crippen molar-refractivity contribution in [2.24, 2.45) is 0 Å². The Balaban J connectivity index is 1.98. The molecule has 1 unspecified atom stereocenters. The number of fused-ring (bicyclic) bond motifs is 1. The number of carbonyl (C=O) groups excluding carboxylic acids is 1. The maximum Gasteiger partial charge on any atom is 0.170 e. The van der Waals surface area contributed by atoms with E-state index in [2.05, 4.69) is 31.9 Å². The molecule has 1 heterocycles. The summed E-state index contributed by atoms with van der Waals surface area (Å²) in [5.41, 5.74) is 1.32. The normalized spacial score (nSPS) is 17.6. The Bertz CT molecular complexity index is 700. The summed E-state index contributed by atoms with van der Waals surface area (Å²) in [6.07, 6.45) is -0.131. The largest absolute Gasteiger partial charge is 0.484 e. The lowest BCUT2D eigenvalue weighted by Crippen LogP contribution is -2.20. The molecule has 0 spiro atoms. The molecule has 0 saturated heterocycles. The Morgan fingerprint density at radius 2 is 1.90 bits per heavy atom. The van der Waals surface area contributed by atoms with Gasteiger partial charge in [-0.1, -0.05) is 6.07 Å². The minimum atomic E-state index is -0.408. The minimum absolute atomic E-state index is 0.0321. The highest BCUT2D eigenvalue weighted by Gasteiger charge is 2.28. The van der Waals surface area contributed by atoms with Crippen molar-refractivity contribution in [2.75, 3.05) is 0 Å². The molecule has 2 aromatic rings. The lowest BCUT2D eigenvalue weighted by molar-refractivity contribution is 0.0849. The van der Waals surface area contributed by atoms with Crippen LogP contribution in [0.2, 0.25) is 0 Å². The number of benzene rings is 2. The molecule has 0 N–H and O–H groups in total. The van der Waals surface area contributed by atoms with Gasteiger partial charge in [-0.2, -0.15) is 0 Å². The molecule has 1 aliphatic heterocycles. The van der Waals surface area contributed by atoms with Crippen LogP contribution in [0.4, 0.5) is 4.39 Å². The van der Waals surface area contributed by atoms with Gasteiger partial charge in [-0.05, 0) is 61.7 Å². The number of hydrogen-bond acceptors (Lipinski definition) is 2. The van der Waals surface area contributed by atoms with Gasteiger partial charge in [0, 0.05) is 15.0 Å². The standard InChI is InChI=1S/C15H9Br2FO2/c16-11-4-1-8(5-12(11)17)14-7-13(19)10-3-2-9(18)6-15(10)20-14/h1-6,14H,7H2. The van der Waals surface area contributed by atoms with Crippen LogP contribution in [0.15, 0.2) is 45.3 Å². The quantitative estimate of drug-likeness (QED) is 0.670. The first-order valence-electron chi connectivity index (χ1n) is 5.99. The van der Waals surface area contributed by atoms with E-state index in [-0.39, 0.29) is 18.3 Å². The van der Waals surface area contributed by atoms with E-state index < -0.39 is 5.82 Å². The van der Waals surface area contributed by atoms with Crippen molar-refractivity contribution in [1.82, 2.24) is 0 Å². The zero-order valence-electron chi connectivity index (χ0n) is 10.2. The summed E-state index contributed by atoms with van der Waals surface area (Å²) in [4.78, 5) is 12.1. The van der Waals surface area contributed by atoms with Crippen molar-refractivity contribution >= 4 is 37.6 Å². The van der Waals surface area contributed by atoms with Gasteiger partial charge in [0.05, 0.1) is 12.0 Å². The second kappa shape index (κ2) is 5.30. The van der Waals surface area contributed by atoms with Crippen LogP contribution in [-0.4, -0.2) is 5.78 Å². The lowest BCUT2D eigenvalue weighted by atomic mass is 9.96. The van der Waals surface area contributed by atoms with Crippen molar-refractivity contribution in [3.8, 4) is 5.75 Å². The molecule has 2 nitrogen and oxygen atoms in total. The van der Waals surface area contributed by atoms with Gasteiger partial charge < -0.3 is 4.74 Å². The van der Waals surface area contributed by atoms with Crippen LogP contribution in [0.1, 0.15) is 28.4 Å². The molecule has 0 aromatic heterocycles. The van der Waals surface area contributed by atoms with Gasteiger partial charge in [-0.3, -0.25) is 4.79 Å². The summed E-state index contributed by atoms with van der Waals surface area (Å²) < 4.78 is 20.8. The molecule has 0 aliphatic carbocycles. The van der Waals surface area contributed by atoms with E-state index in [1.54, 1.807) is 0 Å². The maximum atomic E-state index is 13.3. The van der Waals surface area contributed by atoms with Crippen LogP contribution < -0.4 is 4.74 Å². The number of rotatable bonds is 1. The number of carbonyl (C=O) groups is 1. The number of halogens is 3. The van der Waals surface area contributed by atoms with Crippen LogP contribution >= 0.6 is 31.9 Å². The molecule has 1 atom stereocenters. The molecule has 20 heavy (non-hydrogen) atoms. The predicted octanol–water partition coefficient (Wildman–Crippen LogP) is 5.06. The summed E-state index contributed by atoms with van der Waals surface area (Å²) >= 11 is 6.82. The monoisotopic (exact) mass is 398 g/mol. The second-order valence-corrected chi connectivity index (χ2v) is 6.26. The maximum absolute atomic E-state index is 13.3. The predicted molar refractivity (Wildman–Crippen MR) is 80.6 cm³/mol. The first-order valence-corrected chi connectivity index (χ1v) is 7.57. The van der Waals surface area contributed by atoms with Crippen molar-refractivity contribution in [3.05, 3.63) is 62.3 Å². The molecule has 0 fully saturated rings. The van der Waals surface area contributed by atoms with Crippen molar-refractivity contribution in [2.45, 2.75) is 12.5 Å². The summed E-state index contributed by atoms with van der Waals surface area (Å²) in [5.74, 6) is -0.130. The Labute approximate surface area is 132 Å². The molecule has 5 heteroatoms. The van der Waals surface area contributed by atoms with Crippen LogP contribution in [0, 0.1) is 5.82 Å². The van der Waals surface area contributed by atoms with Crippen molar-refractivity contribution in [3.63, 3.8) is 0 Å². The third-order valence-corrected chi connectivity index (χ3v) is 5.08. The number of hydrogen-bond donors (Lipinski definition) is 0. The van der Waals surface area contributed by atoms with Crippen LogP contribution in [0.25, 0.3) is 0 Å². The van der Waals surface area contributed by atoms with E-state index in [9.17, 15) is 9.18 Å². The highest BCUT2D eigenvalue weighted by atomic mass is 79.9. The summed E-state index contributed by atoms with van der Waals surface area (Å²) in [6.45, 7) is 0. The zero-order chi connectivity index (χ0) is 14.3. The van der Waals surface area contributed by atoms with Gasteiger partial charge in [-0.25, -0.2) is 4.39 Å². The number of ketones is 1. The van der Waals surface area contributed by atoms with E-state index in [4.69, 9.17) is 4.74 Å². The molecule has 102 valence electrons. The molecule has 3 rings (SSSR count). The number of ether oxygens (including phenoxy) is 1. The Morgan fingerprint density at radius 3 is 2.65 bits per heavy atom. The third-order valence-electron chi connectivity index (χ3n) is 3.20. The molecule has 0 bridgehead atoms. The van der Waals surface area contributed by atoms with Gasteiger partial charge in [0.25, 0.3) is 0 Å². The lowest BCUT2D eigenvalue weighted by Gasteiger charge is -2.25. The average Bonchev–Trinajstić information content (AvgIpc) is 2.41. The Hall–Kier alpha value is -1.20. The molecule has 0 saturated carbocycles. The van der Waals surface area contributed by atoms with Crippen LogP contribution in [0.3, 0.4) is 0 Å². The van der Waals surface area contributed by atoms with E-state index in [1.807, 2.05) is 18.2 Å². The van der Waals surface area contributed by atoms with Gasteiger partial charge in [0.2, 0.25) is 0 Å². The van der Waals surface area contributed by atoms with Crippen LogP contribution in [0.5, 0.6) is 5.75 Å². The highest BCUT2D eigenvalue weighted by molar-refractivity contribution is 9.13. The first-order chi connectivity index (χ1) is 9.54. The summed E-state index contributed by atoms with van der Waals surface area (Å²) in [7, 11) is 0. The molecule has 0 radical (unpaired) electrons. The highest BCUT2D eigenvalue weighted by Crippen LogP contribution is 2.37. The van der Waals surface area contributed by atoms with Crippen molar-refractivity contribution < 1.29 is 13.9 Å². The Morgan fingerprint density at radius 1 is 1.10 bits per heavy atom. The second-order valence-electron chi connectivity index (χ2n) is 4.55. The molecular formula is C15H9Br2FO2. The Kier molecular flexibility index (Phi) is 3.65. The SMILES string of the molecule is O=C1CC(c2ccc(Br)c(Br)c2)Oc2cc(F)ccc21. The summed E-state index contributed by atoms with van der Waals surface area (Å²) in [6, 6.07) is 9.67. The third kappa shape index (κ3) is 2.52. The first kappa shape index (κ1) is 13.8. The molecule has 2 aromatic carbocycles. The smallest absolute Gasteiger partial charge is 0.170 e. The van der Waals surface area contributed by atoms with Crippen molar-refractivity contribution in [1.29, 1.82) is 0 Å². The molecule has 1 aliphatic rings. The minimum Gasteiger partial charge on any atom is -0.484 e. The average molecular weight is 400 g/mol. The van der Waals surface area contributed by atoms with Gasteiger partial charge >= 0.3 is 0 Å². The van der Waals surface area contributed by atoms with Gasteiger partial charge in [0.1, 0.15) is 17.7 Å². The zero-order valence-corrected chi connectivity index (χ0v) is 13.4. The van der Waals surface area contributed by atoms with E-state index >= 15 is 0 Å². The fourth-order valence-electron chi connectivity index (χ4n) is 2.20. The van der Waals surface area contributed by atoms with Crippen LogP contribution in [-0.2, 0) is 0 Å². The number of Topliss-reactive ketones (excluding diaryl/α,β-unsaturated/α-hetero) is 1. The van der Waals surface area contributed by atoms with E-state index in [0.717, 1.165) is 14.5 Å². The fourth-order valence-corrected chi connectivity index (χ4v) is 2.84. The topological polar surface area (TPSA) is 26.3 Å². The van der Waals surface area contributed by atoms with Gasteiger partial charge in [0.15, 0.2) is 5.78 Å². The van der Waals surface area contributed by atoms with Gasteiger partial charge in [-0.15, -0.1) is 0 Å². The molecule has 0 amide bonds.